The quantitative estimate of drug-likeness (QED) is 0.0693. The largest absolute Gasteiger partial charge is 1.00 e. The van der Waals surface area contributed by atoms with Gasteiger partial charge in [-0.15, -0.1) is 5.56 Å². The van der Waals surface area contributed by atoms with E-state index in [0.717, 1.165) is 52.4 Å². The number of benzene rings is 5. The zero-order valence-electron chi connectivity index (χ0n) is 31.4. The van der Waals surface area contributed by atoms with Gasteiger partial charge in [0.15, 0.2) is 0 Å². The van der Waals surface area contributed by atoms with Crippen molar-refractivity contribution in [2.24, 2.45) is 0 Å². The Morgan fingerprint density at radius 3 is 1.34 bits per heavy atom. The standard InChI is InChI=1S/C18H23NO2.C16H19NO.C10H9.C2H4O.K/c20-12-14-21-13-11-19(15-17-7-3-1-4-8-17)16-18-9-5-2-6-10-18;18-12-11-17(13-15-7-3-1-4-8-15)14-16-9-5-2-6-10-16;1-2-6-10-8-4-3-7-9(10)5-1;1-2-3-1;/h1-10,20H,11-16H2;1-10,18H,11-14H2;1-7H,8H2;1-2H2;/q;;-1;;+1. The number of nitrogens with zero attached hydrogens (tertiary/aromatic N) is 2. The van der Waals surface area contributed by atoms with Gasteiger partial charge in [0.25, 0.3) is 0 Å². The maximum absolute atomic E-state index is 9.15. The first-order chi connectivity index (χ1) is 25.7. The zero-order valence-corrected chi connectivity index (χ0v) is 34.5. The van der Waals surface area contributed by atoms with Crippen LogP contribution in [0, 0.1) is 6.42 Å². The average molecular weight is 739 g/mol. The fourth-order valence-electron chi connectivity index (χ4n) is 5.55. The van der Waals surface area contributed by atoms with Gasteiger partial charge in [-0.1, -0.05) is 158 Å². The molecule has 5 aromatic rings. The average Bonchev–Trinajstić information content (AvgIpc) is 4.09. The van der Waals surface area contributed by atoms with Crippen molar-refractivity contribution in [3.63, 3.8) is 0 Å². The summed E-state index contributed by atoms with van der Waals surface area (Å²) in [5.41, 5.74) is 7.96. The van der Waals surface area contributed by atoms with Crippen LogP contribution in [0.5, 0.6) is 0 Å². The van der Waals surface area contributed by atoms with Crippen LogP contribution in [0.3, 0.4) is 0 Å². The summed E-state index contributed by atoms with van der Waals surface area (Å²) in [6.45, 7) is 8.42. The summed E-state index contributed by atoms with van der Waals surface area (Å²) in [4.78, 5) is 4.62. The van der Waals surface area contributed by atoms with E-state index in [2.05, 4.69) is 154 Å². The normalized spacial score (nSPS) is 12.0. The number of allylic oxidation sites excluding steroid dienone is 1. The molecule has 0 radical (unpaired) electrons. The summed E-state index contributed by atoms with van der Waals surface area (Å²) in [6, 6.07) is 50.2. The minimum atomic E-state index is 0. The maximum Gasteiger partial charge on any atom is 1.00 e. The van der Waals surface area contributed by atoms with Crippen molar-refractivity contribution in [1.82, 2.24) is 9.80 Å². The molecule has 2 aliphatic rings. The molecule has 274 valence electrons. The second-order valence-electron chi connectivity index (χ2n) is 12.5. The summed E-state index contributed by atoms with van der Waals surface area (Å²) in [6.07, 6.45) is 7.54. The molecule has 7 heteroatoms. The van der Waals surface area contributed by atoms with Crippen molar-refractivity contribution in [2.75, 3.05) is 52.7 Å². The maximum atomic E-state index is 9.15. The van der Waals surface area contributed by atoms with Gasteiger partial charge in [0.05, 0.1) is 39.6 Å². The first-order valence-corrected chi connectivity index (χ1v) is 18.3. The van der Waals surface area contributed by atoms with Gasteiger partial charge >= 0.3 is 51.4 Å². The van der Waals surface area contributed by atoms with Gasteiger partial charge < -0.3 is 19.7 Å². The van der Waals surface area contributed by atoms with E-state index in [1.54, 1.807) is 0 Å². The second kappa shape index (κ2) is 28.5. The minimum absolute atomic E-state index is 0. The molecule has 0 spiro atoms. The van der Waals surface area contributed by atoms with Crippen molar-refractivity contribution in [2.45, 2.75) is 32.6 Å². The van der Waals surface area contributed by atoms with Crippen LogP contribution in [0.4, 0.5) is 0 Å². The van der Waals surface area contributed by atoms with Crippen molar-refractivity contribution >= 4 is 6.08 Å². The van der Waals surface area contributed by atoms with Gasteiger partial charge in [-0.25, -0.2) is 18.6 Å². The number of aliphatic hydroxyl groups is 2. The molecule has 0 saturated carbocycles. The van der Waals surface area contributed by atoms with E-state index in [-0.39, 0.29) is 64.6 Å². The first-order valence-electron chi connectivity index (χ1n) is 18.3. The molecule has 1 fully saturated rings. The fraction of sp³-hybridized carbons (Fsp3) is 0.283. The Balaban J connectivity index is 0.000000213. The third kappa shape index (κ3) is 20.4. The number of aliphatic hydroxyl groups excluding tert-OH is 2. The van der Waals surface area contributed by atoms with E-state index in [4.69, 9.17) is 14.9 Å². The summed E-state index contributed by atoms with van der Waals surface area (Å²) in [5.74, 6) is 0. The summed E-state index contributed by atoms with van der Waals surface area (Å²) in [5, 5.41) is 17.9. The number of hydrogen-bond acceptors (Lipinski definition) is 6. The number of fused-ring (bicyclic) bond motifs is 1. The third-order valence-electron chi connectivity index (χ3n) is 8.21. The number of ether oxygens (including phenoxy) is 2. The van der Waals surface area contributed by atoms with Crippen LogP contribution >= 0.6 is 0 Å². The molecule has 1 saturated heterocycles. The van der Waals surface area contributed by atoms with E-state index in [0.29, 0.717) is 19.8 Å². The van der Waals surface area contributed by atoms with Gasteiger partial charge in [0, 0.05) is 39.3 Å². The Bertz CT molecular complexity index is 1540. The predicted molar refractivity (Wildman–Crippen MR) is 213 cm³/mol. The van der Waals surface area contributed by atoms with Gasteiger partial charge in [0.1, 0.15) is 0 Å². The third-order valence-corrected chi connectivity index (χ3v) is 8.21. The molecular formula is C46H55KN2O4. The Hall–Kier alpha value is -2.89. The monoisotopic (exact) mass is 738 g/mol. The molecule has 6 nitrogen and oxygen atoms in total. The molecule has 1 heterocycles. The van der Waals surface area contributed by atoms with Crippen LogP contribution in [-0.4, -0.2) is 72.7 Å². The van der Waals surface area contributed by atoms with Crippen molar-refractivity contribution < 1.29 is 71.1 Å². The Morgan fingerprint density at radius 1 is 0.528 bits per heavy atom. The van der Waals surface area contributed by atoms with Crippen molar-refractivity contribution in [1.29, 1.82) is 0 Å². The molecule has 7 rings (SSSR count). The van der Waals surface area contributed by atoms with Crippen LogP contribution in [-0.2, 0) is 42.1 Å². The van der Waals surface area contributed by atoms with Crippen molar-refractivity contribution in [3.05, 3.63) is 191 Å². The first kappa shape index (κ1) is 44.5. The van der Waals surface area contributed by atoms with Gasteiger partial charge in [0.2, 0.25) is 0 Å². The molecule has 53 heavy (non-hydrogen) atoms. The fourth-order valence-corrected chi connectivity index (χ4v) is 5.55. The molecular weight excluding hydrogens is 684 g/mol. The van der Waals surface area contributed by atoms with E-state index in [9.17, 15) is 0 Å². The molecule has 1 aliphatic carbocycles. The van der Waals surface area contributed by atoms with Crippen LogP contribution in [0.1, 0.15) is 33.4 Å². The molecule has 0 bridgehead atoms. The number of rotatable bonds is 15. The predicted octanol–water partition coefficient (Wildman–Crippen LogP) is 4.86. The Labute approximate surface area is 360 Å². The van der Waals surface area contributed by atoms with Crippen LogP contribution in [0.2, 0.25) is 0 Å². The Kier molecular flexibility index (Phi) is 24.0. The van der Waals surface area contributed by atoms with E-state index >= 15 is 0 Å². The summed E-state index contributed by atoms with van der Waals surface area (Å²) < 4.78 is 9.90. The molecule has 0 atom stereocenters. The molecule has 5 aromatic carbocycles. The topological polar surface area (TPSA) is 68.7 Å². The summed E-state index contributed by atoms with van der Waals surface area (Å²) >= 11 is 0. The van der Waals surface area contributed by atoms with Gasteiger partial charge in [-0.05, 0) is 22.3 Å². The van der Waals surface area contributed by atoms with Crippen molar-refractivity contribution in [3.8, 4) is 0 Å². The van der Waals surface area contributed by atoms with E-state index < -0.39 is 0 Å². The molecule has 0 amide bonds. The van der Waals surface area contributed by atoms with Gasteiger partial charge in [-0.2, -0.15) is 0 Å². The Morgan fingerprint density at radius 2 is 0.943 bits per heavy atom. The second-order valence-corrected chi connectivity index (χ2v) is 12.5. The molecule has 0 aromatic heterocycles. The van der Waals surface area contributed by atoms with Gasteiger partial charge in [-0.3, -0.25) is 9.80 Å². The molecule has 0 unspecified atom stereocenters. The van der Waals surface area contributed by atoms with Crippen LogP contribution in [0.25, 0.3) is 6.08 Å². The number of hydrogen-bond donors (Lipinski definition) is 2. The van der Waals surface area contributed by atoms with E-state index in [1.807, 2.05) is 24.3 Å². The SMILES string of the molecule is C1=Cc2ccccc2C[CH-]1.C1CO1.OCCN(Cc1ccccc1)Cc1ccccc1.OCCOCCN(Cc1ccccc1)Cc1ccccc1.[K+]. The molecule has 1 aliphatic heterocycles. The number of epoxide rings is 1. The smallest absolute Gasteiger partial charge is 0.395 e. The van der Waals surface area contributed by atoms with Crippen LogP contribution in [0.15, 0.2) is 152 Å². The zero-order chi connectivity index (χ0) is 36.3. The minimum Gasteiger partial charge on any atom is -0.395 e. The molecule has 2 N–H and O–H groups in total. The van der Waals surface area contributed by atoms with E-state index in [1.165, 1.54) is 33.4 Å². The van der Waals surface area contributed by atoms with Crippen LogP contribution < -0.4 is 51.4 Å². The summed E-state index contributed by atoms with van der Waals surface area (Å²) in [7, 11) is 0.